The molecule has 2 N–H and O–H groups in total. The minimum absolute atomic E-state index is 0.0886. The van der Waals surface area contributed by atoms with Crippen molar-refractivity contribution in [1.29, 1.82) is 0 Å². The number of carboxylic acids is 1. The first-order chi connectivity index (χ1) is 8.55. The molecule has 1 aliphatic rings. The van der Waals surface area contributed by atoms with Crippen LogP contribution in [0, 0.1) is 0 Å². The molecular weight excluding hydrogens is 230 g/mol. The highest BCUT2D eigenvalue weighted by molar-refractivity contribution is 5.91. The Balaban J connectivity index is 2.08. The smallest absolute Gasteiger partial charge is 0.356 e. The summed E-state index contributed by atoms with van der Waals surface area (Å²) in [5.74, 6) is -0.995. The summed E-state index contributed by atoms with van der Waals surface area (Å²) in [5, 5.41) is 12.3. The summed E-state index contributed by atoms with van der Waals surface area (Å²) in [4.78, 5) is 17.2. The van der Waals surface area contributed by atoms with Crippen LogP contribution in [0.25, 0.3) is 0 Å². The Morgan fingerprint density at radius 1 is 1.56 bits per heavy atom. The topological polar surface area (TPSA) is 65.5 Å². The van der Waals surface area contributed by atoms with E-state index in [-0.39, 0.29) is 11.2 Å². The molecule has 1 aliphatic carbocycles. The Hall–Kier alpha value is -1.62. The molecule has 0 unspecified atom stereocenters. The number of likely N-dealkylation sites (N-methyl/N-ethyl adjacent to an activating group) is 1. The molecule has 1 heterocycles. The molecule has 0 spiro atoms. The van der Waals surface area contributed by atoms with Gasteiger partial charge in [0.1, 0.15) is 0 Å². The van der Waals surface area contributed by atoms with Gasteiger partial charge in [-0.15, -0.1) is 0 Å². The maximum Gasteiger partial charge on any atom is 0.356 e. The highest BCUT2D eigenvalue weighted by Gasteiger charge is 2.38. The Morgan fingerprint density at radius 2 is 2.28 bits per heavy atom. The summed E-state index contributed by atoms with van der Waals surface area (Å²) >= 11 is 0. The number of hydrogen-bond donors (Lipinski definition) is 2. The number of rotatable bonds is 5. The number of nitrogens with zero attached hydrogens (tertiary/aromatic N) is 2. The zero-order valence-corrected chi connectivity index (χ0v) is 10.8. The van der Waals surface area contributed by atoms with E-state index in [1.165, 1.54) is 12.6 Å². The van der Waals surface area contributed by atoms with Crippen molar-refractivity contribution < 1.29 is 9.90 Å². The van der Waals surface area contributed by atoms with E-state index in [1.54, 1.807) is 12.1 Å². The molecule has 1 aromatic rings. The van der Waals surface area contributed by atoms with Gasteiger partial charge < -0.3 is 15.3 Å². The van der Waals surface area contributed by atoms with Crippen molar-refractivity contribution in [3.8, 4) is 0 Å². The van der Waals surface area contributed by atoms with Crippen molar-refractivity contribution in [2.75, 3.05) is 26.0 Å². The second-order valence-corrected chi connectivity index (χ2v) is 5.03. The number of nitrogens with one attached hydrogen (secondary N) is 1. The molecule has 2 rings (SSSR count). The van der Waals surface area contributed by atoms with Gasteiger partial charge in [0.15, 0.2) is 5.69 Å². The van der Waals surface area contributed by atoms with E-state index in [0.29, 0.717) is 5.69 Å². The van der Waals surface area contributed by atoms with Crippen LogP contribution in [0.1, 0.15) is 29.8 Å². The van der Waals surface area contributed by atoms with Crippen LogP contribution in [0.4, 0.5) is 5.69 Å². The van der Waals surface area contributed by atoms with Crippen LogP contribution < -0.4 is 5.32 Å². The fourth-order valence-corrected chi connectivity index (χ4v) is 2.35. The predicted octanol–water partition coefficient (Wildman–Crippen LogP) is 1.68. The van der Waals surface area contributed by atoms with Crippen LogP contribution >= 0.6 is 0 Å². The second-order valence-electron chi connectivity index (χ2n) is 5.03. The highest BCUT2D eigenvalue weighted by Crippen LogP contribution is 2.36. The van der Waals surface area contributed by atoms with Gasteiger partial charge in [-0.2, -0.15) is 0 Å². The summed E-state index contributed by atoms with van der Waals surface area (Å²) < 4.78 is 0. The third-order valence-electron chi connectivity index (χ3n) is 3.85. The van der Waals surface area contributed by atoms with Crippen molar-refractivity contribution >= 4 is 11.7 Å². The summed E-state index contributed by atoms with van der Waals surface area (Å²) in [5.41, 5.74) is 0.842. The minimum atomic E-state index is -0.995. The molecule has 5 nitrogen and oxygen atoms in total. The zero-order valence-electron chi connectivity index (χ0n) is 10.8. The van der Waals surface area contributed by atoms with Gasteiger partial charge in [0.05, 0.1) is 5.69 Å². The van der Waals surface area contributed by atoms with Gasteiger partial charge in [-0.05, 0) is 45.5 Å². The second kappa shape index (κ2) is 4.94. The molecule has 1 saturated carbocycles. The van der Waals surface area contributed by atoms with E-state index in [1.807, 2.05) is 0 Å². The van der Waals surface area contributed by atoms with Crippen molar-refractivity contribution in [3.63, 3.8) is 0 Å². The van der Waals surface area contributed by atoms with Gasteiger partial charge in [-0.3, -0.25) is 0 Å². The molecule has 98 valence electrons. The summed E-state index contributed by atoms with van der Waals surface area (Å²) in [7, 11) is 4.14. The van der Waals surface area contributed by atoms with Crippen molar-refractivity contribution in [2.24, 2.45) is 0 Å². The van der Waals surface area contributed by atoms with E-state index >= 15 is 0 Å². The van der Waals surface area contributed by atoms with Gasteiger partial charge in [0.2, 0.25) is 0 Å². The van der Waals surface area contributed by atoms with Gasteiger partial charge in [-0.1, -0.05) is 0 Å². The summed E-state index contributed by atoms with van der Waals surface area (Å²) in [6.07, 6.45) is 5.03. The molecule has 18 heavy (non-hydrogen) atoms. The third kappa shape index (κ3) is 2.31. The number of carboxylic acid groups (broad SMARTS) is 1. The van der Waals surface area contributed by atoms with E-state index in [4.69, 9.17) is 5.11 Å². The van der Waals surface area contributed by atoms with E-state index in [0.717, 1.165) is 19.4 Å². The van der Waals surface area contributed by atoms with Crippen LogP contribution in [-0.4, -0.2) is 47.1 Å². The van der Waals surface area contributed by atoms with Gasteiger partial charge in [0, 0.05) is 18.3 Å². The van der Waals surface area contributed by atoms with Crippen LogP contribution in [0.5, 0.6) is 0 Å². The first-order valence-electron chi connectivity index (χ1n) is 6.15. The SMILES string of the molecule is CN(C)C1(CNc2cccnc2C(=O)O)CCC1. The standard InChI is InChI=1S/C13H19N3O2/c1-16(2)13(6-4-7-13)9-15-10-5-3-8-14-11(10)12(17)18/h3,5,8,15H,4,6-7,9H2,1-2H3,(H,17,18). The van der Waals surface area contributed by atoms with E-state index in [2.05, 4.69) is 29.3 Å². The normalized spacial score (nSPS) is 17.3. The molecule has 0 aliphatic heterocycles. The fourth-order valence-electron chi connectivity index (χ4n) is 2.35. The average Bonchev–Trinajstić information content (AvgIpc) is 2.27. The van der Waals surface area contributed by atoms with Gasteiger partial charge in [0.25, 0.3) is 0 Å². The molecule has 0 radical (unpaired) electrons. The molecule has 5 heteroatoms. The summed E-state index contributed by atoms with van der Waals surface area (Å²) in [6, 6.07) is 3.51. The lowest BCUT2D eigenvalue weighted by atomic mass is 9.75. The van der Waals surface area contributed by atoms with Crippen molar-refractivity contribution in [1.82, 2.24) is 9.88 Å². The van der Waals surface area contributed by atoms with Crippen molar-refractivity contribution in [2.45, 2.75) is 24.8 Å². The maximum absolute atomic E-state index is 11.1. The predicted molar refractivity (Wildman–Crippen MR) is 70.0 cm³/mol. The van der Waals surface area contributed by atoms with E-state index < -0.39 is 5.97 Å². The largest absolute Gasteiger partial charge is 0.476 e. The molecule has 0 saturated heterocycles. The number of aromatic carboxylic acids is 1. The third-order valence-corrected chi connectivity index (χ3v) is 3.85. The van der Waals surface area contributed by atoms with Crippen LogP contribution in [0.15, 0.2) is 18.3 Å². The highest BCUT2D eigenvalue weighted by atomic mass is 16.4. The van der Waals surface area contributed by atoms with Crippen LogP contribution in [-0.2, 0) is 0 Å². The molecule has 1 aromatic heterocycles. The zero-order chi connectivity index (χ0) is 13.2. The lowest BCUT2D eigenvalue weighted by molar-refractivity contribution is 0.0687. The number of hydrogen-bond acceptors (Lipinski definition) is 4. The quantitative estimate of drug-likeness (QED) is 0.831. The first-order valence-corrected chi connectivity index (χ1v) is 6.15. The lowest BCUT2D eigenvalue weighted by Crippen LogP contribution is -2.54. The number of pyridine rings is 1. The first kappa shape index (κ1) is 12.8. The summed E-state index contributed by atoms with van der Waals surface area (Å²) in [6.45, 7) is 0.756. The number of aromatic nitrogens is 1. The fraction of sp³-hybridized carbons (Fsp3) is 0.538. The Labute approximate surface area is 107 Å². The Morgan fingerprint density at radius 3 is 2.78 bits per heavy atom. The van der Waals surface area contributed by atoms with Crippen LogP contribution in [0.3, 0.4) is 0 Å². The molecule has 0 amide bonds. The minimum Gasteiger partial charge on any atom is -0.476 e. The van der Waals surface area contributed by atoms with Gasteiger partial charge in [-0.25, -0.2) is 9.78 Å². The molecular formula is C13H19N3O2. The lowest BCUT2D eigenvalue weighted by Gasteiger charge is -2.47. The van der Waals surface area contributed by atoms with Gasteiger partial charge >= 0.3 is 5.97 Å². The Kier molecular flexibility index (Phi) is 3.52. The number of carbonyl (C=O) groups is 1. The molecule has 0 bridgehead atoms. The van der Waals surface area contributed by atoms with Crippen LogP contribution in [0.2, 0.25) is 0 Å². The molecule has 0 aromatic carbocycles. The maximum atomic E-state index is 11.1. The number of anilines is 1. The average molecular weight is 249 g/mol. The molecule has 1 fully saturated rings. The molecule has 0 atom stereocenters. The van der Waals surface area contributed by atoms with E-state index in [9.17, 15) is 4.79 Å². The Bertz CT molecular complexity index is 442. The monoisotopic (exact) mass is 249 g/mol. The van der Waals surface area contributed by atoms with Crippen molar-refractivity contribution in [3.05, 3.63) is 24.0 Å².